The summed E-state index contributed by atoms with van der Waals surface area (Å²) < 4.78 is 68.3. The summed E-state index contributed by atoms with van der Waals surface area (Å²) in [6.07, 6.45) is -2.24. The van der Waals surface area contributed by atoms with Crippen LogP contribution in [-0.2, 0) is 35.6 Å². The summed E-state index contributed by atoms with van der Waals surface area (Å²) in [5.41, 5.74) is 0.417. The zero-order chi connectivity index (χ0) is 20.7. The van der Waals surface area contributed by atoms with Gasteiger partial charge in [-0.25, -0.2) is 13.1 Å². The maximum Gasteiger partial charge on any atom is 0.435 e. The lowest BCUT2D eigenvalue weighted by molar-refractivity contribution is -0.142. The number of nitrogens with one attached hydrogen (secondary N) is 1. The largest absolute Gasteiger partial charge is 0.435 e. The molecule has 28 heavy (non-hydrogen) atoms. The van der Waals surface area contributed by atoms with E-state index in [-0.39, 0.29) is 28.6 Å². The second kappa shape index (κ2) is 7.85. The van der Waals surface area contributed by atoms with Gasteiger partial charge in [-0.2, -0.15) is 18.3 Å². The van der Waals surface area contributed by atoms with Crippen molar-refractivity contribution < 1.29 is 21.6 Å². The van der Waals surface area contributed by atoms with Crippen molar-refractivity contribution in [3.05, 3.63) is 44.7 Å². The van der Waals surface area contributed by atoms with E-state index < -0.39 is 21.9 Å². The number of benzene rings is 1. The van der Waals surface area contributed by atoms with Crippen molar-refractivity contribution in [2.24, 2.45) is 0 Å². The maximum atomic E-state index is 13.2. The topological polar surface area (TPSA) is 64.0 Å². The summed E-state index contributed by atoms with van der Waals surface area (Å²) in [6.45, 7) is 1.51. The summed E-state index contributed by atoms with van der Waals surface area (Å²) in [5.74, 6) is 0. The molecule has 0 bridgehead atoms. The molecule has 1 heterocycles. The van der Waals surface area contributed by atoms with Crippen molar-refractivity contribution >= 4 is 33.2 Å². The van der Waals surface area contributed by atoms with Gasteiger partial charge in [0.2, 0.25) is 10.0 Å². The van der Waals surface area contributed by atoms with E-state index in [1.165, 1.54) is 16.8 Å². The second-order valence-electron chi connectivity index (χ2n) is 6.63. The van der Waals surface area contributed by atoms with Gasteiger partial charge >= 0.3 is 6.18 Å². The van der Waals surface area contributed by atoms with Crippen LogP contribution in [0.25, 0.3) is 0 Å². The molecular formula is C17H18Cl2F3N3O2S. The molecule has 0 fully saturated rings. The van der Waals surface area contributed by atoms with Crippen LogP contribution in [0.5, 0.6) is 0 Å². The van der Waals surface area contributed by atoms with Crippen LogP contribution >= 0.6 is 23.2 Å². The zero-order valence-electron chi connectivity index (χ0n) is 14.9. The Morgan fingerprint density at radius 3 is 2.54 bits per heavy atom. The second-order valence-corrected chi connectivity index (χ2v) is 9.18. The number of rotatable bonds is 5. The van der Waals surface area contributed by atoms with Gasteiger partial charge in [0, 0.05) is 22.8 Å². The molecule has 3 rings (SSSR count). The lowest BCUT2D eigenvalue weighted by atomic mass is 9.95. The molecule has 0 amide bonds. The van der Waals surface area contributed by atoms with E-state index in [1.807, 2.05) is 0 Å². The smallest absolute Gasteiger partial charge is 0.267 e. The van der Waals surface area contributed by atoms with Gasteiger partial charge in [0.1, 0.15) is 4.90 Å². The molecule has 1 aromatic carbocycles. The van der Waals surface area contributed by atoms with Gasteiger partial charge in [-0.1, -0.05) is 23.2 Å². The number of alkyl halides is 3. The first-order chi connectivity index (χ1) is 13.0. The van der Waals surface area contributed by atoms with Crippen LogP contribution in [0.3, 0.4) is 0 Å². The van der Waals surface area contributed by atoms with Gasteiger partial charge in [-0.05, 0) is 50.3 Å². The predicted molar refractivity (Wildman–Crippen MR) is 100 cm³/mol. The molecule has 0 aliphatic heterocycles. The molecule has 0 saturated heterocycles. The van der Waals surface area contributed by atoms with Crippen molar-refractivity contribution in [1.82, 2.24) is 14.5 Å². The van der Waals surface area contributed by atoms with Crippen molar-refractivity contribution in [3.63, 3.8) is 0 Å². The fourth-order valence-corrected chi connectivity index (χ4v) is 5.13. The van der Waals surface area contributed by atoms with Crippen LogP contribution < -0.4 is 4.72 Å². The van der Waals surface area contributed by atoms with Gasteiger partial charge < -0.3 is 0 Å². The monoisotopic (exact) mass is 455 g/mol. The Kier molecular flexibility index (Phi) is 6.01. The summed E-state index contributed by atoms with van der Waals surface area (Å²) in [7, 11) is -3.95. The van der Waals surface area contributed by atoms with E-state index >= 15 is 0 Å². The highest BCUT2D eigenvalue weighted by molar-refractivity contribution is 7.89. The fraction of sp³-hybridized carbons (Fsp3) is 0.471. The molecular weight excluding hydrogens is 438 g/mol. The molecule has 2 aromatic rings. The zero-order valence-corrected chi connectivity index (χ0v) is 17.2. The average molecular weight is 456 g/mol. The van der Waals surface area contributed by atoms with Crippen LogP contribution in [0, 0.1) is 6.92 Å². The van der Waals surface area contributed by atoms with Gasteiger partial charge in [0.15, 0.2) is 5.69 Å². The minimum Gasteiger partial charge on any atom is -0.267 e. The quantitative estimate of drug-likeness (QED) is 0.727. The Balaban J connectivity index is 1.78. The van der Waals surface area contributed by atoms with Crippen LogP contribution in [0.1, 0.15) is 35.4 Å². The number of halogens is 5. The Labute approximate surface area is 170 Å². The van der Waals surface area contributed by atoms with E-state index in [1.54, 1.807) is 6.92 Å². The Morgan fingerprint density at radius 2 is 1.86 bits per heavy atom. The third-order valence-electron chi connectivity index (χ3n) is 4.64. The molecule has 0 spiro atoms. The minimum atomic E-state index is -4.53. The number of fused-ring (bicyclic) bond motifs is 1. The van der Waals surface area contributed by atoms with Crippen LogP contribution in [0.2, 0.25) is 10.0 Å². The standard InChI is InChI=1S/C17H18Cl2F3N3O2S/c1-10-8-15(13(19)9-12(10)18)28(26,27)23-6-7-25-14-5-3-2-4-11(14)16(24-25)17(20,21)22/h8-9,23H,2-7H2,1H3. The van der Waals surface area contributed by atoms with E-state index in [4.69, 9.17) is 23.2 Å². The van der Waals surface area contributed by atoms with Crippen molar-refractivity contribution in [2.75, 3.05) is 6.54 Å². The van der Waals surface area contributed by atoms with Gasteiger partial charge in [-0.15, -0.1) is 0 Å². The fourth-order valence-electron chi connectivity index (χ4n) is 3.28. The molecule has 154 valence electrons. The minimum absolute atomic E-state index is 0.0121. The number of hydrogen-bond donors (Lipinski definition) is 1. The van der Waals surface area contributed by atoms with Crippen LogP contribution in [-0.4, -0.2) is 24.7 Å². The summed E-state index contributed by atoms with van der Waals surface area (Å²) in [5, 5.41) is 4.02. The SMILES string of the molecule is Cc1cc(S(=O)(=O)NCCn2nc(C(F)(F)F)c3c2CCCC3)c(Cl)cc1Cl. The average Bonchev–Trinajstić information content (AvgIpc) is 2.97. The Hall–Kier alpha value is -1.29. The summed E-state index contributed by atoms with van der Waals surface area (Å²) in [4.78, 5) is -0.130. The molecule has 0 unspecified atom stereocenters. The number of hydrogen-bond acceptors (Lipinski definition) is 3. The van der Waals surface area contributed by atoms with E-state index in [9.17, 15) is 21.6 Å². The van der Waals surface area contributed by atoms with Gasteiger partial charge in [0.25, 0.3) is 0 Å². The van der Waals surface area contributed by atoms with Crippen molar-refractivity contribution in [1.29, 1.82) is 0 Å². The molecule has 1 aliphatic carbocycles. The number of aromatic nitrogens is 2. The highest BCUT2D eigenvalue weighted by atomic mass is 35.5. The molecule has 5 nitrogen and oxygen atoms in total. The van der Waals surface area contributed by atoms with Gasteiger partial charge in [-0.3, -0.25) is 4.68 Å². The Bertz CT molecular complexity index is 1000. The highest BCUT2D eigenvalue weighted by Crippen LogP contribution is 2.35. The number of sulfonamides is 1. The number of aryl methyl sites for hydroxylation is 1. The molecule has 1 N–H and O–H groups in total. The van der Waals surface area contributed by atoms with Gasteiger partial charge in [0.05, 0.1) is 11.6 Å². The molecule has 0 saturated carbocycles. The summed E-state index contributed by atoms with van der Waals surface area (Å²) in [6, 6.07) is 2.69. The maximum absolute atomic E-state index is 13.2. The molecule has 1 aliphatic rings. The molecule has 0 radical (unpaired) electrons. The number of nitrogens with zero attached hydrogens (tertiary/aromatic N) is 2. The van der Waals surface area contributed by atoms with Crippen molar-refractivity contribution in [2.45, 2.75) is 50.2 Å². The van der Waals surface area contributed by atoms with Crippen LogP contribution in [0.4, 0.5) is 13.2 Å². The lowest BCUT2D eigenvalue weighted by Crippen LogP contribution is -2.28. The summed E-state index contributed by atoms with van der Waals surface area (Å²) >= 11 is 11.9. The van der Waals surface area contributed by atoms with E-state index in [0.717, 1.165) is 6.42 Å². The first-order valence-electron chi connectivity index (χ1n) is 8.62. The molecule has 11 heteroatoms. The highest BCUT2D eigenvalue weighted by Gasteiger charge is 2.39. The van der Waals surface area contributed by atoms with Crippen LogP contribution in [0.15, 0.2) is 17.0 Å². The normalized spacial score (nSPS) is 14.9. The third kappa shape index (κ3) is 4.32. The molecule has 1 aromatic heterocycles. The Morgan fingerprint density at radius 1 is 1.18 bits per heavy atom. The first-order valence-corrected chi connectivity index (χ1v) is 10.9. The third-order valence-corrected chi connectivity index (χ3v) is 6.98. The molecule has 0 atom stereocenters. The van der Waals surface area contributed by atoms with E-state index in [2.05, 4.69) is 9.82 Å². The lowest BCUT2D eigenvalue weighted by Gasteiger charge is -2.15. The first kappa shape index (κ1) is 21.4. The van der Waals surface area contributed by atoms with Crippen molar-refractivity contribution in [3.8, 4) is 0 Å². The van der Waals surface area contributed by atoms with E-state index in [0.29, 0.717) is 35.5 Å². The predicted octanol–water partition coefficient (Wildman–Crippen LogP) is 4.37.